The van der Waals surface area contributed by atoms with E-state index in [-0.39, 0.29) is 5.78 Å². The van der Waals surface area contributed by atoms with Crippen LogP contribution in [0, 0.1) is 6.92 Å². The number of pyridine rings is 1. The monoisotopic (exact) mass is 161 g/mol. The van der Waals surface area contributed by atoms with Crippen LogP contribution >= 0.6 is 0 Å². The molecule has 0 atom stereocenters. The van der Waals surface area contributed by atoms with Gasteiger partial charge in [-0.2, -0.15) is 0 Å². The van der Waals surface area contributed by atoms with Crippen molar-refractivity contribution in [3.05, 3.63) is 35.7 Å². The van der Waals surface area contributed by atoms with Crippen LogP contribution in [0.1, 0.15) is 18.2 Å². The number of nitrogens with zero attached hydrogens (tertiary/aromatic N) is 1. The van der Waals surface area contributed by atoms with Crippen LogP contribution in [0.2, 0.25) is 0 Å². The lowest BCUT2D eigenvalue weighted by Gasteiger charge is -1.92. The Balaban J connectivity index is 2.77. The van der Waals surface area contributed by atoms with E-state index < -0.39 is 0 Å². The van der Waals surface area contributed by atoms with Gasteiger partial charge in [0.05, 0.1) is 5.69 Å². The van der Waals surface area contributed by atoms with Gasteiger partial charge in [-0.25, -0.2) is 0 Å². The van der Waals surface area contributed by atoms with Gasteiger partial charge in [0.2, 0.25) is 0 Å². The fraction of sp³-hybridized carbons (Fsp3) is 0.200. The fourth-order valence-electron chi connectivity index (χ4n) is 0.781. The van der Waals surface area contributed by atoms with E-state index in [1.165, 1.54) is 13.0 Å². The smallest absolute Gasteiger partial charge is 0.152 e. The van der Waals surface area contributed by atoms with Crippen LogP contribution in [-0.4, -0.2) is 10.8 Å². The molecule has 62 valence electrons. The van der Waals surface area contributed by atoms with Crippen molar-refractivity contribution in [3.8, 4) is 0 Å². The number of hydrogen-bond donors (Lipinski definition) is 0. The molecule has 0 saturated heterocycles. The van der Waals surface area contributed by atoms with Crippen LogP contribution in [0.5, 0.6) is 0 Å². The molecule has 0 aliphatic rings. The molecule has 1 aromatic rings. The van der Waals surface area contributed by atoms with Gasteiger partial charge in [0.25, 0.3) is 0 Å². The van der Waals surface area contributed by atoms with Crippen molar-refractivity contribution in [2.75, 3.05) is 0 Å². The predicted molar refractivity (Wildman–Crippen MR) is 48.7 cm³/mol. The largest absolute Gasteiger partial charge is 0.295 e. The third-order valence-corrected chi connectivity index (χ3v) is 1.42. The highest BCUT2D eigenvalue weighted by atomic mass is 16.1. The molecular weight excluding hydrogens is 150 g/mol. The molecule has 0 saturated carbocycles. The fourth-order valence-corrected chi connectivity index (χ4v) is 0.781. The lowest BCUT2D eigenvalue weighted by atomic mass is 10.2. The summed E-state index contributed by atoms with van der Waals surface area (Å²) in [4.78, 5) is 14.7. The quantitative estimate of drug-likeness (QED) is 0.621. The maximum absolute atomic E-state index is 10.6. The minimum Gasteiger partial charge on any atom is -0.295 e. The topological polar surface area (TPSA) is 30.0 Å². The Morgan fingerprint density at radius 3 is 2.75 bits per heavy atom. The van der Waals surface area contributed by atoms with Gasteiger partial charge < -0.3 is 0 Å². The first-order valence-corrected chi connectivity index (χ1v) is 3.80. The summed E-state index contributed by atoms with van der Waals surface area (Å²) in [5.41, 5.74) is 1.94. The maximum atomic E-state index is 10.6. The van der Waals surface area contributed by atoms with E-state index >= 15 is 0 Å². The second-order valence-electron chi connectivity index (χ2n) is 2.70. The Morgan fingerprint density at radius 1 is 1.50 bits per heavy atom. The molecule has 0 spiro atoms. The molecule has 0 amide bonds. The lowest BCUT2D eigenvalue weighted by molar-refractivity contribution is -0.112. The molecule has 12 heavy (non-hydrogen) atoms. The van der Waals surface area contributed by atoms with Gasteiger partial charge in [-0.1, -0.05) is 6.07 Å². The van der Waals surface area contributed by atoms with E-state index in [0.717, 1.165) is 11.3 Å². The molecule has 1 aromatic heterocycles. The van der Waals surface area contributed by atoms with Crippen LogP contribution in [0.3, 0.4) is 0 Å². The molecule has 0 radical (unpaired) electrons. The molecular formula is C10H11NO. The predicted octanol–water partition coefficient (Wildman–Crippen LogP) is 1.99. The van der Waals surface area contributed by atoms with E-state index in [2.05, 4.69) is 4.98 Å². The van der Waals surface area contributed by atoms with E-state index in [1.54, 1.807) is 12.3 Å². The summed E-state index contributed by atoms with van der Waals surface area (Å²) >= 11 is 0. The van der Waals surface area contributed by atoms with Crippen molar-refractivity contribution in [1.82, 2.24) is 4.98 Å². The van der Waals surface area contributed by atoms with Gasteiger partial charge in [0.1, 0.15) is 0 Å². The Hall–Kier alpha value is -1.44. The first-order chi connectivity index (χ1) is 5.68. The van der Waals surface area contributed by atoms with E-state index in [4.69, 9.17) is 0 Å². The third kappa shape index (κ3) is 2.66. The summed E-state index contributed by atoms with van der Waals surface area (Å²) in [6.07, 6.45) is 5.00. The minimum atomic E-state index is 0.0392. The molecule has 0 aliphatic carbocycles. The molecule has 0 N–H and O–H groups in total. The molecule has 2 nitrogen and oxygen atoms in total. The molecule has 1 heterocycles. The van der Waals surface area contributed by atoms with Crippen LogP contribution in [0.15, 0.2) is 24.4 Å². The van der Waals surface area contributed by atoms with Crippen molar-refractivity contribution in [2.45, 2.75) is 13.8 Å². The summed E-state index contributed by atoms with van der Waals surface area (Å²) in [7, 11) is 0. The SMILES string of the molecule is CC(=O)/C=C/c1ccc(C)cn1. The number of carbonyl (C=O) groups is 1. The average molecular weight is 161 g/mol. The van der Waals surface area contributed by atoms with Crippen LogP contribution < -0.4 is 0 Å². The van der Waals surface area contributed by atoms with E-state index in [1.807, 2.05) is 19.1 Å². The summed E-state index contributed by atoms with van der Waals surface area (Å²) in [6.45, 7) is 3.50. The van der Waals surface area contributed by atoms with Crippen molar-refractivity contribution in [1.29, 1.82) is 0 Å². The summed E-state index contributed by atoms with van der Waals surface area (Å²) in [6, 6.07) is 3.85. The second kappa shape index (κ2) is 3.81. The van der Waals surface area contributed by atoms with Gasteiger partial charge in [0, 0.05) is 6.20 Å². The zero-order chi connectivity index (χ0) is 8.97. The van der Waals surface area contributed by atoms with Crippen LogP contribution in [-0.2, 0) is 4.79 Å². The van der Waals surface area contributed by atoms with Gasteiger partial charge in [-0.05, 0) is 37.6 Å². The third-order valence-electron chi connectivity index (χ3n) is 1.42. The number of ketones is 1. The van der Waals surface area contributed by atoms with Gasteiger partial charge in [0.15, 0.2) is 5.78 Å². The Kier molecular flexibility index (Phi) is 2.75. The number of allylic oxidation sites excluding steroid dienone is 1. The molecule has 0 bridgehead atoms. The lowest BCUT2D eigenvalue weighted by Crippen LogP contribution is -1.83. The Bertz CT molecular complexity index is 298. The van der Waals surface area contributed by atoms with E-state index in [0.29, 0.717) is 0 Å². The Morgan fingerprint density at radius 2 is 2.25 bits per heavy atom. The van der Waals surface area contributed by atoms with Crippen molar-refractivity contribution in [2.24, 2.45) is 0 Å². The number of carbonyl (C=O) groups excluding carboxylic acids is 1. The van der Waals surface area contributed by atoms with Crippen molar-refractivity contribution >= 4 is 11.9 Å². The number of aromatic nitrogens is 1. The minimum absolute atomic E-state index is 0.0392. The van der Waals surface area contributed by atoms with Crippen LogP contribution in [0.4, 0.5) is 0 Å². The second-order valence-corrected chi connectivity index (χ2v) is 2.70. The highest BCUT2D eigenvalue weighted by Gasteiger charge is 1.88. The van der Waals surface area contributed by atoms with E-state index in [9.17, 15) is 4.79 Å². The molecule has 0 fully saturated rings. The van der Waals surface area contributed by atoms with Gasteiger partial charge in [-0.3, -0.25) is 9.78 Å². The molecule has 1 rings (SSSR count). The van der Waals surface area contributed by atoms with Gasteiger partial charge >= 0.3 is 0 Å². The zero-order valence-electron chi connectivity index (χ0n) is 7.24. The number of aryl methyl sites for hydroxylation is 1. The van der Waals surface area contributed by atoms with Crippen LogP contribution in [0.25, 0.3) is 6.08 Å². The highest BCUT2D eigenvalue weighted by molar-refractivity contribution is 5.91. The Labute approximate surface area is 71.9 Å². The number of rotatable bonds is 2. The summed E-state index contributed by atoms with van der Waals surface area (Å²) in [5, 5.41) is 0. The maximum Gasteiger partial charge on any atom is 0.152 e. The average Bonchev–Trinajstić information content (AvgIpc) is 2.03. The molecule has 0 aromatic carbocycles. The van der Waals surface area contributed by atoms with Gasteiger partial charge in [-0.15, -0.1) is 0 Å². The standard InChI is InChI=1S/C10H11NO/c1-8-3-5-10(11-7-8)6-4-9(2)12/h3-7H,1-2H3/b6-4+. The van der Waals surface area contributed by atoms with Crippen molar-refractivity contribution in [3.63, 3.8) is 0 Å². The summed E-state index contributed by atoms with van der Waals surface area (Å²) in [5.74, 6) is 0.0392. The first kappa shape index (κ1) is 8.65. The normalized spacial score (nSPS) is 10.5. The van der Waals surface area contributed by atoms with Crippen molar-refractivity contribution < 1.29 is 4.79 Å². The highest BCUT2D eigenvalue weighted by Crippen LogP contribution is 2.00. The molecule has 0 aliphatic heterocycles. The zero-order valence-corrected chi connectivity index (χ0v) is 7.24. The summed E-state index contributed by atoms with van der Waals surface area (Å²) < 4.78 is 0. The molecule has 0 unspecified atom stereocenters. The number of hydrogen-bond acceptors (Lipinski definition) is 2. The molecule has 2 heteroatoms. The first-order valence-electron chi connectivity index (χ1n) is 3.80.